The summed E-state index contributed by atoms with van der Waals surface area (Å²) in [7, 11) is -3.15. The fourth-order valence-electron chi connectivity index (χ4n) is 3.91. The molecule has 3 rings (SSSR count). The van der Waals surface area contributed by atoms with Crippen LogP contribution in [-0.4, -0.2) is 72.7 Å². The van der Waals surface area contributed by atoms with Gasteiger partial charge in [-0.3, -0.25) is 19.4 Å². The van der Waals surface area contributed by atoms with Crippen LogP contribution in [0, 0.1) is 6.92 Å². The van der Waals surface area contributed by atoms with E-state index in [0.29, 0.717) is 25.1 Å². The number of rotatable bonds is 6. The first-order valence-corrected chi connectivity index (χ1v) is 11.7. The Morgan fingerprint density at radius 2 is 1.86 bits per heavy atom. The van der Waals surface area contributed by atoms with Crippen molar-refractivity contribution in [3.63, 3.8) is 0 Å². The van der Waals surface area contributed by atoms with Gasteiger partial charge in [-0.1, -0.05) is 24.6 Å². The quantitative estimate of drug-likeness (QED) is 0.650. The van der Waals surface area contributed by atoms with Crippen LogP contribution in [-0.2, 0) is 19.4 Å². The molecular formula is C20H27N3O5S. The van der Waals surface area contributed by atoms with E-state index in [1.54, 1.807) is 19.1 Å². The molecule has 29 heavy (non-hydrogen) atoms. The van der Waals surface area contributed by atoms with Crippen molar-refractivity contribution in [1.82, 2.24) is 9.80 Å². The number of hydrogen-bond donors (Lipinski definition) is 0. The van der Waals surface area contributed by atoms with Crippen LogP contribution in [0.15, 0.2) is 24.3 Å². The van der Waals surface area contributed by atoms with Crippen molar-refractivity contribution in [2.24, 2.45) is 0 Å². The number of urea groups is 1. The zero-order chi connectivity index (χ0) is 21.3. The van der Waals surface area contributed by atoms with Gasteiger partial charge in [0, 0.05) is 18.3 Å². The summed E-state index contributed by atoms with van der Waals surface area (Å²) in [5.74, 6) is -0.828. The van der Waals surface area contributed by atoms with Gasteiger partial charge in [-0.2, -0.15) is 0 Å². The molecule has 2 saturated heterocycles. The van der Waals surface area contributed by atoms with Gasteiger partial charge < -0.3 is 4.90 Å². The van der Waals surface area contributed by atoms with Gasteiger partial charge in [0.1, 0.15) is 12.6 Å². The summed E-state index contributed by atoms with van der Waals surface area (Å²) in [6, 6.07) is 5.63. The Labute approximate surface area is 171 Å². The summed E-state index contributed by atoms with van der Waals surface area (Å²) in [5, 5.41) is 0. The molecule has 0 aliphatic carbocycles. The first-order chi connectivity index (χ1) is 13.6. The fourth-order valence-corrected chi connectivity index (χ4v) is 5.64. The number of carbonyl (C=O) groups is 3. The zero-order valence-corrected chi connectivity index (χ0v) is 17.8. The summed E-state index contributed by atoms with van der Waals surface area (Å²) in [4.78, 5) is 42.4. The highest BCUT2D eigenvalue weighted by atomic mass is 32.2. The Morgan fingerprint density at radius 3 is 2.41 bits per heavy atom. The van der Waals surface area contributed by atoms with Crippen LogP contribution < -0.4 is 4.90 Å². The molecule has 0 spiro atoms. The minimum absolute atomic E-state index is 0.0605. The number of sulfone groups is 1. The molecule has 0 N–H and O–H groups in total. The molecule has 4 amide bonds. The highest BCUT2D eigenvalue weighted by molar-refractivity contribution is 7.91. The summed E-state index contributed by atoms with van der Waals surface area (Å²) < 4.78 is 23.6. The lowest BCUT2D eigenvalue weighted by Gasteiger charge is -2.29. The van der Waals surface area contributed by atoms with Gasteiger partial charge in [0.2, 0.25) is 5.91 Å². The molecule has 0 aromatic heterocycles. The van der Waals surface area contributed by atoms with Crippen molar-refractivity contribution < 1.29 is 22.8 Å². The summed E-state index contributed by atoms with van der Waals surface area (Å²) in [5.41, 5.74) is 1.64. The van der Waals surface area contributed by atoms with Gasteiger partial charge >= 0.3 is 6.03 Å². The van der Waals surface area contributed by atoms with Crippen molar-refractivity contribution in [3.05, 3.63) is 29.8 Å². The number of carbonyl (C=O) groups excluding carboxylic acids is 3. The molecule has 0 saturated carbocycles. The molecule has 2 aliphatic heterocycles. The second-order valence-corrected chi connectivity index (χ2v) is 9.96. The van der Waals surface area contributed by atoms with Gasteiger partial charge in [0.25, 0.3) is 5.91 Å². The van der Waals surface area contributed by atoms with Gasteiger partial charge in [-0.05, 0) is 38.8 Å². The Bertz CT molecular complexity index is 913. The average Bonchev–Trinajstić information content (AvgIpc) is 3.12. The monoisotopic (exact) mass is 421 g/mol. The maximum atomic E-state index is 12.9. The minimum Gasteiger partial charge on any atom is -0.337 e. The maximum absolute atomic E-state index is 12.9. The van der Waals surface area contributed by atoms with Crippen molar-refractivity contribution in [1.29, 1.82) is 0 Å². The minimum atomic E-state index is -3.15. The number of hydrogen-bond acceptors (Lipinski definition) is 5. The van der Waals surface area contributed by atoms with Crippen LogP contribution in [0.3, 0.4) is 0 Å². The molecule has 2 atom stereocenters. The average molecular weight is 422 g/mol. The number of nitrogens with zero attached hydrogens (tertiary/aromatic N) is 3. The molecule has 0 radical (unpaired) electrons. The largest absolute Gasteiger partial charge is 0.337 e. The highest BCUT2D eigenvalue weighted by Crippen LogP contribution is 2.26. The molecular weight excluding hydrogens is 394 g/mol. The van der Waals surface area contributed by atoms with Gasteiger partial charge in [0.05, 0.1) is 11.5 Å². The molecule has 2 fully saturated rings. The number of imide groups is 1. The van der Waals surface area contributed by atoms with Gasteiger partial charge in [-0.25, -0.2) is 13.2 Å². The van der Waals surface area contributed by atoms with Crippen molar-refractivity contribution in [2.45, 2.75) is 45.7 Å². The SMILES string of the molecule is CCCN(C(=O)CN1C(=O)[C@@H](C)N(c2ccc(C)cc2)C1=O)[C@@H]1CCS(=O)(=O)C1. The Kier molecular flexibility index (Phi) is 5.97. The van der Waals surface area contributed by atoms with Gasteiger partial charge in [-0.15, -0.1) is 0 Å². The van der Waals surface area contributed by atoms with Crippen LogP contribution in [0.2, 0.25) is 0 Å². The van der Waals surface area contributed by atoms with E-state index in [0.717, 1.165) is 10.5 Å². The predicted molar refractivity (Wildman–Crippen MR) is 109 cm³/mol. The van der Waals surface area contributed by atoms with Crippen molar-refractivity contribution >= 4 is 33.4 Å². The van der Waals surface area contributed by atoms with E-state index in [2.05, 4.69) is 0 Å². The van der Waals surface area contributed by atoms with E-state index in [-0.39, 0.29) is 18.1 Å². The van der Waals surface area contributed by atoms with Crippen molar-refractivity contribution in [3.8, 4) is 0 Å². The molecule has 1 aromatic carbocycles. The van der Waals surface area contributed by atoms with E-state index >= 15 is 0 Å². The first kappa shape index (κ1) is 21.3. The van der Waals surface area contributed by atoms with E-state index in [9.17, 15) is 22.8 Å². The lowest BCUT2D eigenvalue weighted by atomic mass is 10.2. The Balaban J connectivity index is 1.77. The van der Waals surface area contributed by atoms with E-state index in [4.69, 9.17) is 0 Å². The third kappa shape index (κ3) is 4.29. The number of benzene rings is 1. The van der Waals surface area contributed by atoms with E-state index in [1.807, 2.05) is 26.0 Å². The second-order valence-electron chi connectivity index (χ2n) is 7.73. The highest BCUT2D eigenvalue weighted by Gasteiger charge is 2.45. The molecule has 0 unspecified atom stereocenters. The predicted octanol–water partition coefficient (Wildman–Crippen LogP) is 1.58. The summed E-state index contributed by atoms with van der Waals surface area (Å²) in [6.45, 7) is 5.49. The topological polar surface area (TPSA) is 95.1 Å². The lowest BCUT2D eigenvalue weighted by Crippen LogP contribution is -2.48. The third-order valence-electron chi connectivity index (χ3n) is 5.49. The molecule has 8 nitrogen and oxygen atoms in total. The fraction of sp³-hybridized carbons (Fsp3) is 0.550. The normalized spacial score (nSPS) is 23.7. The number of amides is 4. The summed E-state index contributed by atoms with van der Waals surface area (Å²) in [6.07, 6.45) is 1.05. The summed E-state index contributed by atoms with van der Waals surface area (Å²) >= 11 is 0. The Morgan fingerprint density at radius 1 is 1.21 bits per heavy atom. The van der Waals surface area contributed by atoms with Gasteiger partial charge in [0.15, 0.2) is 9.84 Å². The lowest BCUT2D eigenvalue weighted by molar-refractivity contribution is -0.138. The first-order valence-electron chi connectivity index (χ1n) is 9.85. The number of anilines is 1. The number of aryl methyl sites for hydroxylation is 1. The molecule has 9 heteroatoms. The standard InChI is InChI=1S/C20H27N3O5S/c1-4-10-21(17-9-11-29(27,28)13-17)18(24)12-22-19(25)15(3)23(20(22)26)16-7-5-14(2)6-8-16/h5-8,15,17H,4,9-13H2,1-3H3/t15-,17-/m1/s1. The third-order valence-corrected chi connectivity index (χ3v) is 7.24. The van der Waals surface area contributed by atoms with Crippen LogP contribution in [0.4, 0.5) is 10.5 Å². The maximum Gasteiger partial charge on any atom is 0.332 e. The molecule has 1 aromatic rings. The van der Waals surface area contributed by atoms with Crippen LogP contribution in [0.1, 0.15) is 32.3 Å². The molecule has 0 bridgehead atoms. The van der Waals surface area contributed by atoms with Crippen molar-refractivity contribution in [2.75, 3.05) is 29.5 Å². The van der Waals surface area contributed by atoms with E-state index in [1.165, 1.54) is 9.80 Å². The molecule has 2 aliphatic rings. The van der Waals surface area contributed by atoms with Crippen LogP contribution >= 0.6 is 0 Å². The van der Waals surface area contributed by atoms with Crippen LogP contribution in [0.25, 0.3) is 0 Å². The van der Waals surface area contributed by atoms with E-state index < -0.39 is 39.8 Å². The zero-order valence-electron chi connectivity index (χ0n) is 17.0. The molecule has 2 heterocycles. The Hall–Kier alpha value is -2.42. The smallest absolute Gasteiger partial charge is 0.332 e. The second kappa shape index (κ2) is 8.14. The van der Waals surface area contributed by atoms with Crippen LogP contribution in [0.5, 0.6) is 0 Å². The molecule has 158 valence electrons.